The lowest BCUT2D eigenvalue weighted by atomic mass is 10.1. The van der Waals surface area contributed by atoms with Crippen molar-refractivity contribution in [3.05, 3.63) is 35.4 Å². The molecule has 1 aromatic carbocycles. The van der Waals surface area contributed by atoms with Gasteiger partial charge < -0.3 is 0 Å². The number of rotatable bonds is 4. The van der Waals surface area contributed by atoms with Crippen LogP contribution in [0.1, 0.15) is 18.1 Å². The van der Waals surface area contributed by atoms with E-state index in [2.05, 4.69) is 6.92 Å². The second kappa shape index (κ2) is 5.33. The van der Waals surface area contributed by atoms with Gasteiger partial charge in [0.05, 0.1) is 0 Å². The smallest absolute Gasteiger partial charge is 0.126 e. The molecule has 0 spiro atoms. The SMILES string of the molecule is CCc1ccc(CO[P+](=O)Cl)cc1. The van der Waals surface area contributed by atoms with E-state index in [1.807, 2.05) is 24.3 Å². The molecule has 1 atom stereocenters. The van der Waals surface area contributed by atoms with Crippen LogP contribution in [-0.4, -0.2) is 0 Å². The Kier molecular flexibility index (Phi) is 4.37. The van der Waals surface area contributed by atoms with Crippen molar-refractivity contribution < 1.29 is 9.09 Å². The summed E-state index contributed by atoms with van der Waals surface area (Å²) in [5.74, 6) is 0. The average molecular weight is 218 g/mol. The van der Waals surface area contributed by atoms with E-state index in [9.17, 15) is 4.57 Å². The predicted molar refractivity (Wildman–Crippen MR) is 54.1 cm³/mol. The molecule has 0 radical (unpaired) electrons. The van der Waals surface area contributed by atoms with Gasteiger partial charge in [-0.1, -0.05) is 31.2 Å². The van der Waals surface area contributed by atoms with Crippen molar-refractivity contribution in [1.82, 2.24) is 0 Å². The molecule has 0 bridgehead atoms. The van der Waals surface area contributed by atoms with E-state index in [0.29, 0.717) is 6.61 Å². The fraction of sp³-hybridized carbons (Fsp3) is 0.333. The highest BCUT2D eigenvalue weighted by Crippen LogP contribution is 2.29. The van der Waals surface area contributed by atoms with E-state index >= 15 is 0 Å². The zero-order valence-electron chi connectivity index (χ0n) is 7.37. The summed E-state index contributed by atoms with van der Waals surface area (Å²) in [4.78, 5) is 0. The standard InChI is InChI=1S/C9H11ClO2P/c1-2-8-3-5-9(6-4-8)7-12-13(10)11/h3-6H,2,7H2,1H3/q+1. The number of halogens is 1. The van der Waals surface area contributed by atoms with Crippen molar-refractivity contribution in [2.24, 2.45) is 0 Å². The van der Waals surface area contributed by atoms with E-state index in [0.717, 1.165) is 12.0 Å². The molecule has 2 nitrogen and oxygen atoms in total. The van der Waals surface area contributed by atoms with Crippen LogP contribution in [0.2, 0.25) is 0 Å². The Balaban J connectivity index is 2.54. The average Bonchev–Trinajstić information content (AvgIpc) is 2.15. The molecule has 0 aromatic heterocycles. The largest absolute Gasteiger partial charge is 0.634 e. The van der Waals surface area contributed by atoms with Crippen LogP contribution in [0.3, 0.4) is 0 Å². The summed E-state index contributed by atoms with van der Waals surface area (Å²) in [6.45, 7) is 2.41. The summed E-state index contributed by atoms with van der Waals surface area (Å²) in [6, 6.07) is 7.96. The molecule has 0 N–H and O–H groups in total. The van der Waals surface area contributed by atoms with Crippen LogP contribution in [0, 0.1) is 0 Å². The van der Waals surface area contributed by atoms with Crippen molar-refractivity contribution in [3.8, 4) is 0 Å². The van der Waals surface area contributed by atoms with Crippen LogP contribution >= 0.6 is 18.6 Å². The highest BCUT2D eigenvalue weighted by Gasteiger charge is 2.11. The van der Waals surface area contributed by atoms with Crippen LogP contribution in [0.4, 0.5) is 0 Å². The summed E-state index contributed by atoms with van der Waals surface area (Å²) in [5.41, 5.74) is 2.26. The maximum atomic E-state index is 10.4. The minimum Gasteiger partial charge on any atom is -0.126 e. The van der Waals surface area contributed by atoms with Gasteiger partial charge in [-0.3, -0.25) is 0 Å². The minimum absolute atomic E-state index is 0.308. The first-order valence-corrected chi connectivity index (χ1v) is 6.14. The molecule has 0 aliphatic rings. The Hall–Kier alpha value is -0.430. The summed E-state index contributed by atoms with van der Waals surface area (Å²) in [6.07, 6.45) is 1.02. The molecule has 1 aromatic rings. The lowest BCUT2D eigenvalue weighted by molar-refractivity contribution is 0.328. The Morgan fingerprint density at radius 3 is 2.31 bits per heavy atom. The number of hydrogen-bond donors (Lipinski definition) is 0. The predicted octanol–water partition coefficient (Wildman–Crippen LogP) is 3.66. The van der Waals surface area contributed by atoms with Gasteiger partial charge in [0.2, 0.25) is 11.2 Å². The lowest BCUT2D eigenvalue weighted by Crippen LogP contribution is -1.86. The Morgan fingerprint density at radius 2 is 1.85 bits per heavy atom. The van der Waals surface area contributed by atoms with Gasteiger partial charge in [-0.2, -0.15) is 0 Å². The zero-order valence-corrected chi connectivity index (χ0v) is 9.02. The topological polar surface area (TPSA) is 26.3 Å². The van der Waals surface area contributed by atoms with E-state index in [4.69, 9.17) is 15.8 Å². The van der Waals surface area contributed by atoms with Gasteiger partial charge >= 0.3 is 7.38 Å². The molecule has 0 aliphatic heterocycles. The molecule has 0 aliphatic carbocycles. The molecule has 0 saturated carbocycles. The van der Waals surface area contributed by atoms with Crippen LogP contribution in [0.15, 0.2) is 24.3 Å². The molecule has 0 saturated heterocycles. The van der Waals surface area contributed by atoms with E-state index < -0.39 is 7.38 Å². The van der Waals surface area contributed by atoms with Gasteiger partial charge in [0, 0.05) is 0 Å². The van der Waals surface area contributed by atoms with Gasteiger partial charge in [0.15, 0.2) is 0 Å². The number of benzene rings is 1. The number of hydrogen-bond acceptors (Lipinski definition) is 2. The fourth-order valence-corrected chi connectivity index (χ4v) is 1.39. The summed E-state index contributed by atoms with van der Waals surface area (Å²) in [7, 11) is -2.01. The first kappa shape index (κ1) is 10.6. The van der Waals surface area contributed by atoms with Gasteiger partial charge in [0.25, 0.3) is 0 Å². The van der Waals surface area contributed by atoms with Gasteiger partial charge in [-0.15, -0.1) is 4.52 Å². The van der Waals surface area contributed by atoms with Crippen LogP contribution in [0.25, 0.3) is 0 Å². The Bertz CT molecular complexity index is 284. The summed E-state index contributed by atoms with van der Waals surface area (Å²) >= 11 is 5.17. The Morgan fingerprint density at radius 1 is 1.31 bits per heavy atom. The molecular weight excluding hydrogens is 207 g/mol. The maximum absolute atomic E-state index is 10.4. The fourth-order valence-electron chi connectivity index (χ4n) is 0.996. The van der Waals surface area contributed by atoms with Gasteiger partial charge in [0.1, 0.15) is 6.61 Å². The molecule has 0 fully saturated rings. The molecule has 4 heteroatoms. The molecule has 0 amide bonds. The third-order valence-electron chi connectivity index (χ3n) is 1.76. The third kappa shape index (κ3) is 3.86. The second-order valence-corrected chi connectivity index (χ2v) is 4.17. The first-order valence-electron chi connectivity index (χ1n) is 4.06. The van der Waals surface area contributed by atoms with Crippen molar-refractivity contribution >= 4 is 18.6 Å². The molecule has 0 heterocycles. The Labute approximate surface area is 83.5 Å². The lowest BCUT2D eigenvalue weighted by Gasteiger charge is -1.97. The third-order valence-corrected chi connectivity index (χ3v) is 2.39. The highest BCUT2D eigenvalue weighted by atomic mass is 35.7. The van der Waals surface area contributed by atoms with Crippen molar-refractivity contribution in [3.63, 3.8) is 0 Å². The molecule has 70 valence electrons. The second-order valence-electron chi connectivity index (χ2n) is 2.66. The van der Waals surface area contributed by atoms with E-state index in [-0.39, 0.29) is 0 Å². The van der Waals surface area contributed by atoms with Crippen molar-refractivity contribution in [1.29, 1.82) is 0 Å². The van der Waals surface area contributed by atoms with E-state index in [1.54, 1.807) is 0 Å². The maximum Gasteiger partial charge on any atom is 0.634 e. The summed E-state index contributed by atoms with van der Waals surface area (Å²) in [5, 5.41) is 0. The van der Waals surface area contributed by atoms with Crippen molar-refractivity contribution in [2.75, 3.05) is 0 Å². The minimum atomic E-state index is -2.01. The number of aryl methyl sites for hydroxylation is 1. The summed E-state index contributed by atoms with van der Waals surface area (Å²) < 4.78 is 15.2. The molecular formula is C9H11ClO2P+. The first-order chi connectivity index (χ1) is 6.22. The quantitative estimate of drug-likeness (QED) is 0.720. The zero-order chi connectivity index (χ0) is 9.68. The van der Waals surface area contributed by atoms with Gasteiger partial charge in [-0.05, 0) is 22.1 Å². The normalized spacial score (nSPS) is 11.4. The van der Waals surface area contributed by atoms with Crippen molar-refractivity contribution in [2.45, 2.75) is 20.0 Å². The monoisotopic (exact) mass is 217 g/mol. The van der Waals surface area contributed by atoms with Crippen LogP contribution in [0.5, 0.6) is 0 Å². The highest BCUT2D eigenvalue weighted by molar-refractivity contribution is 7.69. The van der Waals surface area contributed by atoms with Crippen LogP contribution < -0.4 is 0 Å². The molecule has 1 rings (SSSR count). The molecule has 13 heavy (non-hydrogen) atoms. The van der Waals surface area contributed by atoms with Crippen LogP contribution in [-0.2, 0) is 22.1 Å². The van der Waals surface area contributed by atoms with E-state index in [1.165, 1.54) is 5.56 Å². The molecule has 1 unspecified atom stereocenters. The van der Waals surface area contributed by atoms with Gasteiger partial charge in [-0.25, -0.2) is 0 Å².